The summed E-state index contributed by atoms with van der Waals surface area (Å²) in [6, 6.07) is 22.0. The minimum absolute atomic E-state index is 0.325. The summed E-state index contributed by atoms with van der Waals surface area (Å²) in [6.07, 6.45) is 10.3. The number of hydrogen-bond acceptors (Lipinski definition) is 2. The third kappa shape index (κ3) is 4.50. The molecule has 28 heavy (non-hydrogen) atoms. The first-order valence-electron chi connectivity index (χ1n) is 11.3. The van der Waals surface area contributed by atoms with Crippen molar-refractivity contribution in [2.75, 3.05) is 13.1 Å². The second-order valence-electron chi connectivity index (χ2n) is 8.89. The molecule has 2 aromatic carbocycles. The molecular weight excluding hydrogens is 342 g/mol. The van der Waals surface area contributed by atoms with Crippen LogP contribution in [0.3, 0.4) is 0 Å². The lowest BCUT2D eigenvalue weighted by Gasteiger charge is -2.49. The molecule has 1 aliphatic carbocycles. The molecule has 3 unspecified atom stereocenters. The third-order valence-corrected chi connectivity index (χ3v) is 7.06. The lowest BCUT2D eigenvalue weighted by molar-refractivity contribution is -0.0911. The van der Waals surface area contributed by atoms with Gasteiger partial charge in [-0.2, -0.15) is 0 Å². The normalized spacial score (nSPS) is 27.4. The number of piperidine rings is 1. The molecule has 0 bridgehead atoms. The summed E-state index contributed by atoms with van der Waals surface area (Å²) in [7, 11) is 0. The van der Waals surface area contributed by atoms with Gasteiger partial charge in [-0.15, -0.1) is 0 Å². The van der Waals surface area contributed by atoms with E-state index in [1.165, 1.54) is 49.9 Å². The summed E-state index contributed by atoms with van der Waals surface area (Å²) in [5.41, 5.74) is 2.18. The van der Waals surface area contributed by atoms with E-state index in [1.807, 2.05) is 0 Å². The van der Waals surface area contributed by atoms with E-state index in [0.717, 1.165) is 32.1 Å². The maximum absolute atomic E-state index is 11.9. The summed E-state index contributed by atoms with van der Waals surface area (Å²) < 4.78 is 0. The Labute approximate surface area is 170 Å². The Kier molecular flexibility index (Phi) is 6.49. The van der Waals surface area contributed by atoms with Crippen molar-refractivity contribution in [2.45, 2.75) is 69.4 Å². The molecule has 0 spiro atoms. The minimum Gasteiger partial charge on any atom is -0.390 e. The molecule has 2 aromatic rings. The molecular formula is C26H35NO. The van der Waals surface area contributed by atoms with E-state index < -0.39 is 5.60 Å². The van der Waals surface area contributed by atoms with Crippen molar-refractivity contribution in [1.82, 2.24) is 4.90 Å². The van der Waals surface area contributed by atoms with Crippen LogP contribution in [0.2, 0.25) is 0 Å². The first-order valence-corrected chi connectivity index (χ1v) is 11.3. The van der Waals surface area contributed by atoms with Crippen LogP contribution in [-0.4, -0.2) is 28.7 Å². The predicted octanol–water partition coefficient (Wildman–Crippen LogP) is 5.77. The number of likely N-dealkylation sites (tertiary alicyclic amines) is 1. The lowest BCUT2D eigenvalue weighted by atomic mass is 9.67. The number of hydrogen-bond donors (Lipinski definition) is 1. The van der Waals surface area contributed by atoms with Gasteiger partial charge in [0.25, 0.3) is 0 Å². The minimum atomic E-state index is -0.563. The monoisotopic (exact) mass is 377 g/mol. The molecule has 2 aliphatic rings. The molecule has 2 nitrogen and oxygen atoms in total. The molecule has 1 N–H and O–H groups in total. The standard InChI is InChI=1S/C26H35NO/c28-26(19-17-22-12-4-1-5-13-22)18-9-8-16-24(26)25(23-14-6-2-7-15-23)27-20-10-3-11-21-27/h1-2,4-7,12-15,24-25,28H,3,8-11,16-21H2. The molecule has 2 fully saturated rings. The second kappa shape index (κ2) is 9.24. The van der Waals surface area contributed by atoms with E-state index in [9.17, 15) is 5.11 Å². The molecule has 2 heteroatoms. The fourth-order valence-electron chi connectivity index (χ4n) is 5.56. The number of aryl methyl sites for hydroxylation is 1. The molecule has 1 saturated carbocycles. The molecule has 4 rings (SSSR count). The van der Waals surface area contributed by atoms with Gasteiger partial charge < -0.3 is 5.11 Å². The van der Waals surface area contributed by atoms with Crippen LogP contribution < -0.4 is 0 Å². The maximum atomic E-state index is 11.9. The first-order chi connectivity index (χ1) is 13.8. The van der Waals surface area contributed by atoms with Gasteiger partial charge in [0.15, 0.2) is 0 Å². The van der Waals surface area contributed by atoms with Crippen LogP contribution in [0.4, 0.5) is 0 Å². The van der Waals surface area contributed by atoms with Gasteiger partial charge in [0, 0.05) is 12.0 Å². The van der Waals surface area contributed by atoms with Crippen LogP contribution >= 0.6 is 0 Å². The second-order valence-corrected chi connectivity index (χ2v) is 8.89. The fraction of sp³-hybridized carbons (Fsp3) is 0.538. The Morgan fingerprint density at radius 3 is 2.25 bits per heavy atom. The molecule has 1 aliphatic heterocycles. The average molecular weight is 378 g/mol. The number of nitrogens with zero attached hydrogens (tertiary/aromatic N) is 1. The van der Waals surface area contributed by atoms with Crippen molar-refractivity contribution in [1.29, 1.82) is 0 Å². The van der Waals surface area contributed by atoms with Crippen molar-refractivity contribution in [3.8, 4) is 0 Å². The van der Waals surface area contributed by atoms with Crippen LogP contribution in [0, 0.1) is 5.92 Å². The lowest BCUT2D eigenvalue weighted by Crippen LogP contribution is -2.49. The number of benzene rings is 2. The Morgan fingerprint density at radius 1 is 0.857 bits per heavy atom. The number of aliphatic hydroxyl groups is 1. The topological polar surface area (TPSA) is 23.5 Å². The summed E-state index contributed by atoms with van der Waals surface area (Å²) in [6.45, 7) is 2.34. The van der Waals surface area contributed by atoms with Gasteiger partial charge in [0.2, 0.25) is 0 Å². The van der Waals surface area contributed by atoms with Crippen LogP contribution in [-0.2, 0) is 6.42 Å². The Bertz CT molecular complexity index is 710. The van der Waals surface area contributed by atoms with Gasteiger partial charge >= 0.3 is 0 Å². The van der Waals surface area contributed by atoms with Crippen molar-refractivity contribution < 1.29 is 5.11 Å². The smallest absolute Gasteiger partial charge is 0.0697 e. The van der Waals surface area contributed by atoms with Crippen LogP contribution in [0.25, 0.3) is 0 Å². The highest BCUT2D eigenvalue weighted by atomic mass is 16.3. The van der Waals surface area contributed by atoms with E-state index in [0.29, 0.717) is 12.0 Å². The largest absolute Gasteiger partial charge is 0.390 e. The SMILES string of the molecule is OC1(CCc2ccccc2)CCCCC1C(c1ccccc1)N1CCCCC1. The van der Waals surface area contributed by atoms with Gasteiger partial charge in [-0.05, 0) is 62.7 Å². The highest BCUT2D eigenvalue weighted by molar-refractivity contribution is 5.22. The third-order valence-electron chi connectivity index (χ3n) is 7.06. The van der Waals surface area contributed by atoms with E-state index in [2.05, 4.69) is 65.6 Å². The first kappa shape index (κ1) is 19.7. The summed E-state index contributed by atoms with van der Waals surface area (Å²) in [5, 5.41) is 11.9. The molecule has 1 saturated heterocycles. The zero-order chi connectivity index (χ0) is 19.2. The van der Waals surface area contributed by atoms with Gasteiger partial charge in [-0.1, -0.05) is 79.9 Å². The van der Waals surface area contributed by atoms with Crippen molar-refractivity contribution in [3.05, 3.63) is 71.8 Å². The Hall–Kier alpha value is -1.64. The van der Waals surface area contributed by atoms with Gasteiger partial charge in [-0.3, -0.25) is 4.90 Å². The predicted molar refractivity (Wildman–Crippen MR) is 116 cm³/mol. The highest BCUT2D eigenvalue weighted by Gasteiger charge is 2.45. The molecule has 3 atom stereocenters. The average Bonchev–Trinajstić information content (AvgIpc) is 2.76. The zero-order valence-electron chi connectivity index (χ0n) is 17.1. The molecule has 150 valence electrons. The Morgan fingerprint density at radius 2 is 1.54 bits per heavy atom. The van der Waals surface area contributed by atoms with Crippen molar-refractivity contribution in [2.24, 2.45) is 5.92 Å². The Balaban J connectivity index is 1.60. The van der Waals surface area contributed by atoms with Crippen LogP contribution in [0.5, 0.6) is 0 Å². The van der Waals surface area contributed by atoms with Crippen molar-refractivity contribution in [3.63, 3.8) is 0 Å². The fourth-order valence-corrected chi connectivity index (χ4v) is 5.56. The van der Waals surface area contributed by atoms with Crippen LogP contribution in [0.15, 0.2) is 60.7 Å². The summed E-state index contributed by atoms with van der Waals surface area (Å²) in [5.74, 6) is 0.325. The quantitative estimate of drug-likeness (QED) is 0.691. The van der Waals surface area contributed by atoms with Crippen molar-refractivity contribution >= 4 is 0 Å². The number of rotatable bonds is 6. The van der Waals surface area contributed by atoms with Crippen LogP contribution in [0.1, 0.15) is 68.5 Å². The molecule has 1 heterocycles. The molecule has 0 radical (unpaired) electrons. The van der Waals surface area contributed by atoms with Gasteiger partial charge in [0.05, 0.1) is 5.60 Å². The molecule has 0 aromatic heterocycles. The van der Waals surface area contributed by atoms with E-state index in [-0.39, 0.29) is 0 Å². The van der Waals surface area contributed by atoms with E-state index >= 15 is 0 Å². The highest BCUT2D eigenvalue weighted by Crippen LogP contribution is 2.46. The molecule has 0 amide bonds. The van der Waals surface area contributed by atoms with E-state index in [4.69, 9.17) is 0 Å². The maximum Gasteiger partial charge on any atom is 0.0697 e. The zero-order valence-corrected chi connectivity index (χ0v) is 17.1. The summed E-state index contributed by atoms with van der Waals surface area (Å²) >= 11 is 0. The van der Waals surface area contributed by atoms with Gasteiger partial charge in [-0.25, -0.2) is 0 Å². The summed E-state index contributed by atoms with van der Waals surface area (Å²) in [4.78, 5) is 2.68. The van der Waals surface area contributed by atoms with Gasteiger partial charge in [0.1, 0.15) is 0 Å². The van der Waals surface area contributed by atoms with E-state index in [1.54, 1.807) is 0 Å².